The summed E-state index contributed by atoms with van der Waals surface area (Å²) in [6.07, 6.45) is 3.83. The smallest absolute Gasteiger partial charge is 0.168 e. The highest BCUT2D eigenvalue weighted by Crippen LogP contribution is 2.20. The molecule has 4 heteroatoms. The molecule has 84 valence electrons. The predicted octanol–water partition coefficient (Wildman–Crippen LogP) is 2.91. The van der Waals surface area contributed by atoms with Crippen molar-refractivity contribution in [1.29, 1.82) is 0 Å². The molecule has 0 spiro atoms. The number of aromatic nitrogens is 1. The van der Waals surface area contributed by atoms with Gasteiger partial charge in [-0.1, -0.05) is 13.3 Å². The van der Waals surface area contributed by atoms with Crippen molar-refractivity contribution in [2.24, 2.45) is 0 Å². The summed E-state index contributed by atoms with van der Waals surface area (Å²) in [5, 5.41) is 3.32. The van der Waals surface area contributed by atoms with Crippen LogP contribution in [0.1, 0.15) is 19.8 Å². The van der Waals surface area contributed by atoms with Crippen molar-refractivity contribution < 1.29 is 4.74 Å². The van der Waals surface area contributed by atoms with Crippen molar-refractivity contribution in [3.05, 3.63) is 18.3 Å². The minimum absolute atomic E-state index is 0.140. The second-order valence-electron chi connectivity index (χ2n) is 3.32. The first kappa shape index (κ1) is 12.1. The van der Waals surface area contributed by atoms with Gasteiger partial charge in [-0.15, -0.1) is 11.6 Å². The number of rotatable bonds is 6. The zero-order valence-corrected chi connectivity index (χ0v) is 9.92. The lowest BCUT2D eigenvalue weighted by atomic mass is 10.2. The average Bonchev–Trinajstić information content (AvgIpc) is 2.27. The first-order valence-corrected chi connectivity index (χ1v) is 5.58. The molecule has 0 radical (unpaired) electrons. The van der Waals surface area contributed by atoms with Gasteiger partial charge in [0.15, 0.2) is 11.6 Å². The van der Waals surface area contributed by atoms with Gasteiger partial charge in [0.05, 0.1) is 12.5 Å². The van der Waals surface area contributed by atoms with Crippen molar-refractivity contribution in [2.45, 2.75) is 25.1 Å². The van der Waals surface area contributed by atoms with Crippen molar-refractivity contribution in [3.8, 4) is 5.75 Å². The molecule has 0 fully saturated rings. The Morgan fingerprint density at radius 3 is 3.07 bits per heavy atom. The Morgan fingerprint density at radius 2 is 2.40 bits per heavy atom. The van der Waals surface area contributed by atoms with Gasteiger partial charge in [0, 0.05) is 12.7 Å². The molecule has 0 aliphatic heterocycles. The normalized spacial score (nSPS) is 12.2. The highest BCUT2D eigenvalue weighted by atomic mass is 35.5. The van der Waals surface area contributed by atoms with E-state index in [1.807, 2.05) is 12.1 Å². The molecule has 1 unspecified atom stereocenters. The van der Waals surface area contributed by atoms with Crippen LogP contribution in [0, 0.1) is 0 Å². The number of ether oxygens (including phenoxy) is 1. The fourth-order valence-corrected chi connectivity index (χ4v) is 1.61. The second-order valence-corrected chi connectivity index (χ2v) is 3.94. The van der Waals surface area contributed by atoms with Gasteiger partial charge in [0.1, 0.15) is 0 Å². The van der Waals surface area contributed by atoms with Crippen molar-refractivity contribution in [1.82, 2.24) is 4.98 Å². The van der Waals surface area contributed by atoms with E-state index in [1.165, 1.54) is 0 Å². The van der Waals surface area contributed by atoms with Crippen LogP contribution in [0.15, 0.2) is 18.3 Å². The molecule has 15 heavy (non-hydrogen) atoms. The maximum Gasteiger partial charge on any atom is 0.168 e. The monoisotopic (exact) mass is 228 g/mol. The Morgan fingerprint density at radius 1 is 1.60 bits per heavy atom. The van der Waals surface area contributed by atoms with E-state index in [0.29, 0.717) is 6.54 Å². The number of halogens is 1. The van der Waals surface area contributed by atoms with Crippen LogP contribution in [0.25, 0.3) is 0 Å². The van der Waals surface area contributed by atoms with E-state index >= 15 is 0 Å². The largest absolute Gasteiger partial charge is 0.493 e. The number of nitrogens with one attached hydrogen (secondary N) is 1. The number of nitrogens with zero attached hydrogens (tertiary/aromatic N) is 1. The maximum absolute atomic E-state index is 6.10. The Kier molecular flexibility index (Phi) is 5.26. The molecule has 0 saturated carbocycles. The maximum atomic E-state index is 6.10. The van der Waals surface area contributed by atoms with Crippen LogP contribution >= 0.6 is 11.6 Å². The van der Waals surface area contributed by atoms with Crippen LogP contribution in [-0.4, -0.2) is 24.0 Å². The molecule has 0 aliphatic rings. The van der Waals surface area contributed by atoms with Crippen LogP contribution < -0.4 is 10.1 Å². The molecular weight excluding hydrogens is 212 g/mol. The molecule has 0 aromatic carbocycles. The van der Waals surface area contributed by atoms with Crippen molar-refractivity contribution in [3.63, 3.8) is 0 Å². The summed E-state index contributed by atoms with van der Waals surface area (Å²) >= 11 is 6.10. The molecule has 1 rings (SSSR count). The molecule has 0 bridgehead atoms. The zero-order valence-electron chi connectivity index (χ0n) is 9.16. The zero-order chi connectivity index (χ0) is 11.1. The quantitative estimate of drug-likeness (QED) is 0.761. The lowest BCUT2D eigenvalue weighted by molar-refractivity contribution is 0.415. The van der Waals surface area contributed by atoms with Crippen molar-refractivity contribution >= 4 is 17.4 Å². The summed E-state index contributed by atoms with van der Waals surface area (Å²) in [7, 11) is 1.63. The fourth-order valence-electron chi connectivity index (χ4n) is 1.31. The minimum atomic E-state index is 0.140. The van der Waals surface area contributed by atoms with Gasteiger partial charge in [-0.2, -0.15) is 0 Å². The molecule has 1 atom stereocenters. The predicted molar refractivity (Wildman–Crippen MR) is 63.8 cm³/mol. The van der Waals surface area contributed by atoms with Crippen LogP contribution in [0.3, 0.4) is 0 Å². The van der Waals surface area contributed by atoms with E-state index in [-0.39, 0.29) is 5.38 Å². The van der Waals surface area contributed by atoms with Gasteiger partial charge in [-0.25, -0.2) is 4.98 Å². The second kappa shape index (κ2) is 6.51. The van der Waals surface area contributed by atoms with E-state index in [1.54, 1.807) is 13.3 Å². The third-order valence-corrected chi connectivity index (χ3v) is 2.46. The van der Waals surface area contributed by atoms with E-state index in [0.717, 1.165) is 24.4 Å². The van der Waals surface area contributed by atoms with Crippen LogP contribution in [-0.2, 0) is 0 Å². The first-order valence-electron chi connectivity index (χ1n) is 5.14. The highest BCUT2D eigenvalue weighted by molar-refractivity contribution is 6.20. The lowest BCUT2D eigenvalue weighted by Crippen LogP contribution is -2.15. The van der Waals surface area contributed by atoms with Crippen LogP contribution in [0.2, 0.25) is 0 Å². The van der Waals surface area contributed by atoms with Crippen LogP contribution in [0.4, 0.5) is 5.82 Å². The van der Waals surface area contributed by atoms with Gasteiger partial charge in [-0.05, 0) is 18.6 Å². The molecular formula is C11H17ClN2O. The molecule has 0 saturated heterocycles. The Hall–Kier alpha value is -0.960. The van der Waals surface area contributed by atoms with Gasteiger partial charge in [0.2, 0.25) is 0 Å². The summed E-state index contributed by atoms with van der Waals surface area (Å²) < 4.78 is 5.17. The summed E-state index contributed by atoms with van der Waals surface area (Å²) in [6, 6.07) is 3.71. The van der Waals surface area contributed by atoms with Gasteiger partial charge in [-0.3, -0.25) is 0 Å². The summed E-state index contributed by atoms with van der Waals surface area (Å²) in [5.74, 6) is 1.50. The molecule has 1 aromatic rings. The summed E-state index contributed by atoms with van der Waals surface area (Å²) in [4.78, 5) is 4.19. The topological polar surface area (TPSA) is 34.2 Å². The van der Waals surface area contributed by atoms with Gasteiger partial charge in [0.25, 0.3) is 0 Å². The molecule has 0 aliphatic carbocycles. The molecule has 1 aromatic heterocycles. The van der Waals surface area contributed by atoms with E-state index in [9.17, 15) is 0 Å². The Balaban J connectivity index is 2.49. The average molecular weight is 229 g/mol. The van der Waals surface area contributed by atoms with Crippen molar-refractivity contribution in [2.75, 3.05) is 19.0 Å². The number of alkyl halides is 1. The third-order valence-electron chi connectivity index (χ3n) is 2.08. The summed E-state index contributed by atoms with van der Waals surface area (Å²) in [5.41, 5.74) is 0. The number of hydrogen-bond acceptors (Lipinski definition) is 3. The number of anilines is 1. The fraction of sp³-hybridized carbons (Fsp3) is 0.545. The standard InChI is InChI=1S/C11H17ClN2O/c1-3-5-9(12)8-14-11-10(15-2)6-4-7-13-11/h4,6-7,9H,3,5,8H2,1-2H3,(H,13,14). The number of pyridine rings is 1. The Labute approximate surface area is 95.8 Å². The molecule has 3 nitrogen and oxygen atoms in total. The highest BCUT2D eigenvalue weighted by Gasteiger charge is 2.06. The van der Waals surface area contributed by atoms with E-state index in [2.05, 4.69) is 17.2 Å². The molecule has 1 N–H and O–H groups in total. The van der Waals surface area contributed by atoms with Gasteiger partial charge < -0.3 is 10.1 Å². The molecule has 0 amide bonds. The summed E-state index contributed by atoms with van der Waals surface area (Å²) in [6.45, 7) is 2.83. The third kappa shape index (κ3) is 3.96. The Bertz CT molecular complexity index is 294. The van der Waals surface area contributed by atoms with Gasteiger partial charge >= 0.3 is 0 Å². The first-order chi connectivity index (χ1) is 7.27. The number of methoxy groups -OCH3 is 1. The minimum Gasteiger partial charge on any atom is -0.493 e. The SMILES string of the molecule is CCCC(Cl)CNc1ncccc1OC. The lowest BCUT2D eigenvalue weighted by Gasteiger charge is -2.12. The molecule has 1 heterocycles. The van der Waals surface area contributed by atoms with Crippen LogP contribution in [0.5, 0.6) is 5.75 Å². The van der Waals surface area contributed by atoms with E-state index in [4.69, 9.17) is 16.3 Å². The number of hydrogen-bond donors (Lipinski definition) is 1. The van der Waals surface area contributed by atoms with E-state index < -0.39 is 0 Å².